The molecule has 0 unspecified atom stereocenters. The molecule has 1 aliphatic heterocycles. The van der Waals surface area contributed by atoms with Crippen molar-refractivity contribution in [3.8, 4) is 0 Å². The third-order valence-electron chi connectivity index (χ3n) is 4.35. The second-order valence-corrected chi connectivity index (χ2v) is 7.10. The van der Waals surface area contributed by atoms with E-state index in [9.17, 15) is 4.79 Å². The van der Waals surface area contributed by atoms with Gasteiger partial charge in [0, 0.05) is 17.6 Å². The monoisotopic (exact) mass is 344 g/mol. The number of aromatic nitrogens is 1. The van der Waals surface area contributed by atoms with Crippen LogP contribution < -0.4 is 0 Å². The highest BCUT2D eigenvalue weighted by Crippen LogP contribution is 2.32. The summed E-state index contributed by atoms with van der Waals surface area (Å²) < 4.78 is 5.63. The van der Waals surface area contributed by atoms with Crippen LogP contribution in [-0.2, 0) is 16.0 Å². The number of carbonyl (C=O) groups is 1. The number of aryl methyl sites for hydroxylation is 1. The lowest BCUT2D eigenvalue weighted by Gasteiger charge is -2.34. The SMILES string of the molecule is Cc1csc([C@H]2CCCCN2C(=O)COCCc2ccccc2)n1. The van der Waals surface area contributed by atoms with Gasteiger partial charge in [-0.15, -0.1) is 11.3 Å². The van der Waals surface area contributed by atoms with Gasteiger partial charge in [-0.2, -0.15) is 0 Å². The van der Waals surface area contributed by atoms with Crippen LogP contribution in [0.15, 0.2) is 35.7 Å². The first-order valence-electron chi connectivity index (χ1n) is 8.57. The van der Waals surface area contributed by atoms with Crippen LogP contribution in [0, 0.1) is 6.92 Å². The third-order valence-corrected chi connectivity index (χ3v) is 5.41. The van der Waals surface area contributed by atoms with E-state index >= 15 is 0 Å². The summed E-state index contributed by atoms with van der Waals surface area (Å²) >= 11 is 1.66. The zero-order valence-corrected chi connectivity index (χ0v) is 14.9. The quantitative estimate of drug-likeness (QED) is 0.749. The highest BCUT2D eigenvalue weighted by molar-refractivity contribution is 7.09. The van der Waals surface area contributed by atoms with E-state index in [-0.39, 0.29) is 18.6 Å². The molecule has 1 saturated heterocycles. The van der Waals surface area contributed by atoms with Crippen LogP contribution in [-0.4, -0.2) is 35.5 Å². The van der Waals surface area contributed by atoms with Crippen LogP contribution in [0.3, 0.4) is 0 Å². The molecular formula is C19H24N2O2S. The van der Waals surface area contributed by atoms with Crippen LogP contribution in [0.5, 0.6) is 0 Å². The van der Waals surface area contributed by atoms with E-state index in [2.05, 4.69) is 22.5 Å². The Labute approximate surface area is 147 Å². The van der Waals surface area contributed by atoms with Crippen molar-refractivity contribution < 1.29 is 9.53 Å². The molecule has 1 atom stereocenters. The van der Waals surface area contributed by atoms with Crippen LogP contribution in [0.4, 0.5) is 0 Å². The number of carbonyl (C=O) groups excluding carboxylic acids is 1. The number of piperidine rings is 1. The molecule has 0 N–H and O–H groups in total. The van der Waals surface area contributed by atoms with Gasteiger partial charge >= 0.3 is 0 Å². The van der Waals surface area contributed by atoms with Gasteiger partial charge in [0.1, 0.15) is 11.6 Å². The molecule has 0 radical (unpaired) electrons. The fraction of sp³-hybridized carbons (Fsp3) is 0.474. The van der Waals surface area contributed by atoms with Gasteiger partial charge in [-0.3, -0.25) is 4.79 Å². The molecule has 5 heteroatoms. The number of hydrogen-bond acceptors (Lipinski definition) is 4. The standard InChI is InChI=1S/C19H24N2O2S/c1-15-14-24-19(20-15)17-9-5-6-11-21(17)18(22)13-23-12-10-16-7-3-2-4-8-16/h2-4,7-8,14,17H,5-6,9-13H2,1H3/t17-/m1/s1. The Hall–Kier alpha value is -1.72. The number of amides is 1. The van der Waals surface area contributed by atoms with Crippen LogP contribution in [0.1, 0.15) is 41.6 Å². The molecule has 1 aliphatic rings. The second-order valence-electron chi connectivity index (χ2n) is 6.21. The van der Waals surface area contributed by atoms with Crippen molar-refractivity contribution in [2.24, 2.45) is 0 Å². The van der Waals surface area contributed by atoms with Crippen molar-refractivity contribution in [3.05, 3.63) is 52.0 Å². The second kappa shape index (κ2) is 8.40. The minimum Gasteiger partial charge on any atom is -0.371 e. The topological polar surface area (TPSA) is 42.4 Å². The molecule has 4 nitrogen and oxygen atoms in total. The van der Waals surface area contributed by atoms with Gasteiger partial charge in [0.15, 0.2) is 0 Å². The van der Waals surface area contributed by atoms with E-state index in [4.69, 9.17) is 4.74 Å². The minimum absolute atomic E-state index is 0.0839. The molecular weight excluding hydrogens is 320 g/mol. The summed E-state index contributed by atoms with van der Waals surface area (Å²) in [6.45, 7) is 3.55. The van der Waals surface area contributed by atoms with Crippen LogP contribution in [0.25, 0.3) is 0 Å². The molecule has 1 aromatic heterocycles. The summed E-state index contributed by atoms with van der Waals surface area (Å²) in [5, 5.41) is 3.12. The molecule has 1 aromatic carbocycles. The van der Waals surface area contributed by atoms with E-state index in [1.165, 1.54) is 5.56 Å². The van der Waals surface area contributed by atoms with E-state index in [1.807, 2.05) is 30.0 Å². The Morgan fingerprint density at radius 1 is 1.33 bits per heavy atom. The fourth-order valence-corrected chi connectivity index (χ4v) is 4.03. The summed E-state index contributed by atoms with van der Waals surface area (Å²) in [5.41, 5.74) is 2.27. The summed E-state index contributed by atoms with van der Waals surface area (Å²) in [4.78, 5) is 19.1. The molecule has 2 aromatic rings. The average Bonchev–Trinajstić information content (AvgIpc) is 3.06. The molecule has 3 rings (SSSR count). The van der Waals surface area contributed by atoms with Gasteiger partial charge in [0.25, 0.3) is 0 Å². The maximum Gasteiger partial charge on any atom is 0.249 e. The van der Waals surface area contributed by atoms with E-state index in [1.54, 1.807) is 11.3 Å². The normalized spacial score (nSPS) is 17.9. The van der Waals surface area contributed by atoms with Gasteiger partial charge in [-0.25, -0.2) is 4.98 Å². The maximum absolute atomic E-state index is 12.6. The first kappa shape index (κ1) is 17.1. The van der Waals surface area contributed by atoms with Gasteiger partial charge in [0.2, 0.25) is 5.91 Å². The summed E-state index contributed by atoms with van der Waals surface area (Å²) in [6.07, 6.45) is 4.06. The summed E-state index contributed by atoms with van der Waals surface area (Å²) in [5.74, 6) is 0.0839. The lowest BCUT2D eigenvalue weighted by molar-refractivity contribution is -0.140. The number of likely N-dealkylation sites (tertiary alicyclic amines) is 1. The van der Waals surface area contributed by atoms with Crippen LogP contribution >= 0.6 is 11.3 Å². The number of ether oxygens (including phenoxy) is 1. The van der Waals surface area contributed by atoms with Crippen molar-refractivity contribution in [3.63, 3.8) is 0 Å². The molecule has 0 spiro atoms. The number of hydrogen-bond donors (Lipinski definition) is 0. The highest BCUT2D eigenvalue weighted by Gasteiger charge is 2.29. The summed E-state index contributed by atoms with van der Waals surface area (Å²) in [7, 11) is 0. The Morgan fingerprint density at radius 3 is 2.92 bits per heavy atom. The van der Waals surface area contributed by atoms with Crippen LogP contribution in [0.2, 0.25) is 0 Å². The molecule has 2 heterocycles. The lowest BCUT2D eigenvalue weighted by atomic mass is 10.0. The van der Waals surface area contributed by atoms with Crippen molar-refractivity contribution >= 4 is 17.2 Å². The highest BCUT2D eigenvalue weighted by atomic mass is 32.1. The zero-order chi connectivity index (χ0) is 16.8. The van der Waals surface area contributed by atoms with Gasteiger partial charge < -0.3 is 9.64 Å². The number of rotatable bonds is 6. The predicted octanol–water partition coefficient (Wildman–Crippen LogP) is 3.76. The van der Waals surface area contributed by atoms with E-state index < -0.39 is 0 Å². The Kier molecular flexibility index (Phi) is 5.99. The molecule has 0 saturated carbocycles. The van der Waals surface area contributed by atoms with Gasteiger partial charge in [-0.1, -0.05) is 30.3 Å². The maximum atomic E-state index is 12.6. The largest absolute Gasteiger partial charge is 0.371 e. The smallest absolute Gasteiger partial charge is 0.249 e. The lowest BCUT2D eigenvalue weighted by Crippen LogP contribution is -2.40. The number of benzene rings is 1. The molecule has 128 valence electrons. The predicted molar refractivity (Wildman–Crippen MR) is 96.1 cm³/mol. The first-order chi connectivity index (χ1) is 11.7. The Morgan fingerprint density at radius 2 is 2.17 bits per heavy atom. The molecule has 24 heavy (non-hydrogen) atoms. The Bertz CT molecular complexity index is 656. The van der Waals surface area contributed by atoms with E-state index in [0.29, 0.717) is 6.61 Å². The molecule has 0 bridgehead atoms. The van der Waals surface area contributed by atoms with Gasteiger partial charge in [-0.05, 0) is 38.2 Å². The van der Waals surface area contributed by atoms with Crippen molar-refractivity contribution in [1.82, 2.24) is 9.88 Å². The van der Waals surface area contributed by atoms with E-state index in [0.717, 1.165) is 42.9 Å². The minimum atomic E-state index is 0.0839. The Balaban J connectivity index is 1.51. The fourth-order valence-electron chi connectivity index (χ4n) is 3.09. The molecule has 1 amide bonds. The number of thiazole rings is 1. The van der Waals surface area contributed by atoms with Crippen molar-refractivity contribution in [2.45, 2.75) is 38.6 Å². The summed E-state index contributed by atoms with van der Waals surface area (Å²) in [6, 6.07) is 10.3. The van der Waals surface area contributed by atoms with Crippen molar-refractivity contribution in [1.29, 1.82) is 0 Å². The first-order valence-corrected chi connectivity index (χ1v) is 9.45. The number of nitrogens with zero attached hydrogens (tertiary/aromatic N) is 2. The van der Waals surface area contributed by atoms with Crippen molar-refractivity contribution in [2.75, 3.05) is 19.8 Å². The third kappa shape index (κ3) is 4.42. The average molecular weight is 344 g/mol. The van der Waals surface area contributed by atoms with Gasteiger partial charge in [0.05, 0.1) is 12.6 Å². The molecule has 1 fully saturated rings. The molecule has 0 aliphatic carbocycles. The zero-order valence-electron chi connectivity index (χ0n) is 14.1.